The summed E-state index contributed by atoms with van der Waals surface area (Å²) in [6.07, 6.45) is 0. The van der Waals surface area contributed by atoms with Crippen LogP contribution in [0.25, 0.3) is 0 Å². The highest BCUT2D eigenvalue weighted by atomic mass is 35.5. The van der Waals surface area contributed by atoms with Crippen LogP contribution in [0.2, 0.25) is 10.0 Å². The Labute approximate surface area is 123 Å². The van der Waals surface area contributed by atoms with E-state index in [0.717, 1.165) is 10.5 Å². The normalized spacial score (nSPS) is 10.6. The van der Waals surface area contributed by atoms with Crippen LogP contribution in [0.5, 0.6) is 0 Å². The van der Waals surface area contributed by atoms with E-state index in [1.807, 2.05) is 11.4 Å². The molecule has 0 bridgehead atoms. The number of carboxylic acid groups (broad SMARTS) is 1. The Balaban J connectivity index is 2.06. The highest BCUT2D eigenvalue weighted by Crippen LogP contribution is 2.31. The van der Waals surface area contributed by atoms with E-state index >= 15 is 0 Å². The fourth-order valence-electron chi connectivity index (χ4n) is 1.32. The third-order valence-electron chi connectivity index (χ3n) is 2.19. The third kappa shape index (κ3) is 3.42. The first-order chi connectivity index (χ1) is 8.56. The number of hydrogen-bond donors (Lipinski definition) is 1. The maximum atomic E-state index is 10.7. The molecule has 1 heterocycles. The molecular formula is C12H8Cl2O2S2. The second-order valence-electron chi connectivity index (χ2n) is 3.48. The quantitative estimate of drug-likeness (QED) is 0.802. The van der Waals surface area contributed by atoms with Gasteiger partial charge < -0.3 is 5.11 Å². The first-order valence-electron chi connectivity index (χ1n) is 4.95. The van der Waals surface area contributed by atoms with Crippen molar-refractivity contribution in [3.05, 3.63) is 50.1 Å². The molecule has 6 heteroatoms. The van der Waals surface area contributed by atoms with E-state index < -0.39 is 5.97 Å². The monoisotopic (exact) mass is 318 g/mol. The average Bonchev–Trinajstić information content (AvgIpc) is 2.79. The summed E-state index contributed by atoms with van der Waals surface area (Å²) >= 11 is 14.7. The fraction of sp³-hybridized carbons (Fsp3) is 0.0833. The van der Waals surface area contributed by atoms with Crippen molar-refractivity contribution in [3.8, 4) is 0 Å². The predicted octanol–water partition coefficient (Wildman–Crippen LogP) is 5.05. The largest absolute Gasteiger partial charge is 0.477 e. The Morgan fingerprint density at radius 3 is 2.78 bits per heavy atom. The average molecular weight is 319 g/mol. The lowest BCUT2D eigenvalue weighted by molar-refractivity contribution is 0.0702. The lowest BCUT2D eigenvalue weighted by Gasteiger charge is -2.03. The van der Waals surface area contributed by atoms with E-state index in [4.69, 9.17) is 28.3 Å². The van der Waals surface area contributed by atoms with Crippen LogP contribution in [0.15, 0.2) is 34.5 Å². The van der Waals surface area contributed by atoms with Gasteiger partial charge in [-0.15, -0.1) is 23.1 Å². The molecule has 1 aromatic carbocycles. The van der Waals surface area contributed by atoms with E-state index in [1.165, 1.54) is 23.1 Å². The highest BCUT2D eigenvalue weighted by Gasteiger charge is 2.08. The molecule has 0 aliphatic rings. The summed E-state index contributed by atoms with van der Waals surface area (Å²) in [6.45, 7) is 0. The lowest BCUT2D eigenvalue weighted by Crippen LogP contribution is -1.89. The van der Waals surface area contributed by atoms with Crippen molar-refractivity contribution in [1.82, 2.24) is 0 Å². The van der Waals surface area contributed by atoms with E-state index in [9.17, 15) is 4.79 Å². The molecule has 0 saturated carbocycles. The number of thiophene rings is 1. The van der Waals surface area contributed by atoms with Gasteiger partial charge in [-0.25, -0.2) is 4.79 Å². The molecule has 0 amide bonds. The molecule has 0 atom stereocenters. The van der Waals surface area contributed by atoms with Gasteiger partial charge in [-0.3, -0.25) is 0 Å². The predicted molar refractivity (Wildman–Crippen MR) is 77.3 cm³/mol. The summed E-state index contributed by atoms with van der Waals surface area (Å²) in [6, 6.07) is 6.98. The van der Waals surface area contributed by atoms with Crippen LogP contribution in [0.3, 0.4) is 0 Å². The van der Waals surface area contributed by atoms with Crippen molar-refractivity contribution in [2.45, 2.75) is 10.6 Å². The molecule has 2 aromatic rings. The van der Waals surface area contributed by atoms with Gasteiger partial charge in [-0.1, -0.05) is 23.2 Å². The van der Waals surface area contributed by atoms with Gasteiger partial charge in [0.2, 0.25) is 0 Å². The first kappa shape index (κ1) is 13.7. The minimum absolute atomic E-state index is 0.342. The smallest absolute Gasteiger partial charge is 0.345 e. The second kappa shape index (κ2) is 5.97. The standard InChI is InChI=1S/C12H8Cl2O2S2/c13-8-1-2-10(14)7(3-8)5-17-9-4-11(12(15)16)18-6-9/h1-4,6H,5H2,(H,15,16). The number of carbonyl (C=O) groups is 1. The minimum Gasteiger partial charge on any atom is -0.477 e. The van der Waals surface area contributed by atoms with Crippen molar-refractivity contribution in [2.75, 3.05) is 0 Å². The SMILES string of the molecule is O=C(O)c1cc(SCc2cc(Cl)ccc2Cl)cs1. The Kier molecular flexibility index (Phi) is 4.56. The van der Waals surface area contributed by atoms with Gasteiger partial charge in [0.05, 0.1) is 0 Å². The van der Waals surface area contributed by atoms with Gasteiger partial charge in [-0.05, 0) is 29.8 Å². The molecule has 2 nitrogen and oxygen atoms in total. The summed E-state index contributed by atoms with van der Waals surface area (Å²) in [5.74, 6) is -0.234. The summed E-state index contributed by atoms with van der Waals surface area (Å²) in [5, 5.41) is 12.0. The summed E-state index contributed by atoms with van der Waals surface area (Å²) in [4.78, 5) is 12.0. The van der Waals surface area contributed by atoms with Crippen LogP contribution in [0, 0.1) is 0 Å². The summed E-state index contributed by atoms with van der Waals surface area (Å²) in [7, 11) is 0. The number of thioether (sulfide) groups is 1. The summed E-state index contributed by atoms with van der Waals surface area (Å²) in [5.41, 5.74) is 0.942. The van der Waals surface area contributed by atoms with Gasteiger partial charge in [0.25, 0.3) is 0 Å². The van der Waals surface area contributed by atoms with Crippen molar-refractivity contribution >= 4 is 52.3 Å². The molecule has 0 spiro atoms. The number of rotatable bonds is 4. The van der Waals surface area contributed by atoms with Gasteiger partial charge in [-0.2, -0.15) is 0 Å². The third-order valence-corrected chi connectivity index (χ3v) is 4.88. The van der Waals surface area contributed by atoms with Crippen molar-refractivity contribution in [1.29, 1.82) is 0 Å². The molecule has 18 heavy (non-hydrogen) atoms. The van der Waals surface area contributed by atoms with E-state index in [0.29, 0.717) is 20.7 Å². The molecule has 1 aromatic heterocycles. The topological polar surface area (TPSA) is 37.3 Å². The lowest BCUT2D eigenvalue weighted by atomic mass is 10.2. The van der Waals surface area contributed by atoms with E-state index in [1.54, 1.807) is 18.2 Å². The van der Waals surface area contributed by atoms with Crippen LogP contribution >= 0.6 is 46.3 Å². The zero-order chi connectivity index (χ0) is 13.1. The molecule has 1 N–H and O–H groups in total. The molecule has 0 saturated heterocycles. The molecule has 0 fully saturated rings. The number of carboxylic acids is 1. The minimum atomic E-state index is -0.896. The molecule has 0 aliphatic heterocycles. The van der Waals surface area contributed by atoms with Crippen LogP contribution < -0.4 is 0 Å². The molecule has 0 unspecified atom stereocenters. The summed E-state index contributed by atoms with van der Waals surface area (Å²) < 4.78 is 0. The molecule has 0 aliphatic carbocycles. The second-order valence-corrected chi connectivity index (χ2v) is 6.28. The molecule has 94 valence electrons. The van der Waals surface area contributed by atoms with Gasteiger partial charge in [0.15, 0.2) is 0 Å². The molecule has 2 rings (SSSR count). The molecule has 0 radical (unpaired) electrons. The number of halogens is 2. The number of aromatic carboxylic acids is 1. The van der Waals surface area contributed by atoms with Gasteiger partial charge in [0.1, 0.15) is 4.88 Å². The van der Waals surface area contributed by atoms with Gasteiger partial charge >= 0.3 is 5.97 Å². The van der Waals surface area contributed by atoms with Crippen LogP contribution in [0.4, 0.5) is 0 Å². The van der Waals surface area contributed by atoms with Crippen LogP contribution in [-0.2, 0) is 5.75 Å². The maximum absolute atomic E-state index is 10.7. The van der Waals surface area contributed by atoms with Crippen LogP contribution in [-0.4, -0.2) is 11.1 Å². The number of hydrogen-bond acceptors (Lipinski definition) is 3. The van der Waals surface area contributed by atoms with Gasteiger partial charge in [0, 0.05) is 26.1 Å². The Morgan fingerprint density at radius 1 is 1.33 bits per heavy atom. The molecular weight excluding hydrogens is 311 g/mol. The van der Waals surface area contributed by atoms with E-state index in [-0.39, 0.29) is 0 Å². The Bertz CT molecular complexity index is 581. The van der Waals surface area contributed by atoms with E-state index in [2.05, 4.69) is 0 Å². The fourth-order valence-corrected chi connectivity index (χ4v) is 3.64. The highest BCUT2D eigenvalue weighted by molar-refractivity contribution is 7.98. The van der Waals surface area contributed by atoms with Crippen molar-refractivity contribution < 1.29 is 9.90 Å². The Hall–Kier alpha value is -0.680. The van der Waals surface area contributed by atoms with Crippen molar-refractivity contribution in [3.63, 3.8) is 0 Å². The first-order valence-corrected chi connectivity index (χ1v) is 7.57. The van der Waals surface area contributed by atoms with Crippen molar-refractivity contribution in [2.24, 2.45) is 0 Å². The Morgan fingerprint density at radius 2 is 2.11 bits per heavy atom. The number of benzene rings is 1. The zero-order valence-corrected chi connectivity index (χ0v) is 12.2. The zero-order valence-electron chi connectivity index (χ0n) is 9.02. The van der Waals surface area contributed by atoms with Crippen LogP contribution in [0.1, 0.15) is 15.2 Å². The maximum Gasteiger partial charge on any atom is 0.345 e.